The number of aliphatic hydroxyl groups is 1. The topological polar surface area (TPSA) is 82.1 Å². The van der Waals surface area contributed by atoms with Gasteiger partial charge in [-0.3, -0.25) is 9.69 Å². The van der Waals surface area contributed by atoms with Gasteiger partial charge in [0.15, 0.2) is 0 Å². The van der Waals surface area contributed by atoms with Crippen molar-refractivity contribution in [3.8, 4) is 0 Å². The lowest BCUT2D eigenvalue weighted by Gasteiger charge is -2.37. The number of alkyl carbamates (subject to hydrolysis) is 1. The fourth-order valence-corrected chi connectivity index (χ4v) is 2.99. The van der Waals surface area contributed by atoms with Gasteiger partial charge in [0.25, 0.3) is 0 Å². The number of nitrogens with zero attached hydrogens (tertiary/aromatic N) is 2. The largest absolute Gasteiger partial charge is 0.444 e. The predicted molar refractivity (Wildman–Crippen MR) is 103 cm³/mol. The first-order valence-corrected chi connectivity index (χ1v) is 9.38. The van der Waals surface area contributed by atoms with Gasteiger partial charge < -0.3 is 20.1 Å². The summed E-state index contributed by atoms with van der Waals surface area (Å²) in [5, 5.41) is 12.5. The summed E-state index contributed by atoms with van der Waals surface area (Å²) in [6, 6.07) is 9.20. The number of piperazine rings is 1. The molecule has 2 atom stereocenters. The van der Waals surface area contributed by atoms with Gasteiger partial charge in [0, 0.05) is 32.7 Å². The van der Waals surface area contributed by atoms with E-state index in [4.69, 9.17) is 4.74 Å². The first-order chi connectivity index (χ1) is 12.7. The Balaban J connectivity index is 1.88. The highest BCUT2D eigenvalue weighted by molar-refractivity contribution is 5.86. The Hall–Kier alpha value is -2.12. The lowest BCUT2D eigenvalue weighted by atomic mass is 10.1. The van der Waals surface area contributed by atoms with Crippen molar-refractivity contribution in [1.29, 1.82) is 0 Å². The van der Waals surface area contributed by atoms with Crippen LogP contribution in [0.5, 0.6) is 0 Å². The van der Waals surface area contributed by atoms with Crippen LogP contribution in [0.25, 0.3) is 0 Å². The molecular weight excluding hydrogens is 346 g/mol. The number of amides is 2. The molecule has 2 N–H and O–H groups in total. The van der Waals surface area contributed by atoms with Gasteiger partial charge in [0.1, 0.15) is 11.6 Å². The van der Waals surface area contributed by atoms with Crippen LogP contribution < -0.4 is 5.32 Å². The van der Waals surface area contributed by atoms with Gasteiger partial charge in [0.2, 0.25) is 5.91 Å². The third-order valence-corrected chi connectivity index (χ3v) is 4.35. The summed E-state index contributed by atoms with van der Waals surface area (Å²) in [5.74, 6) is -0.282. The van der Waals surface area contributed by atoms with Crippen LogP contribution in [0.15, 0.2) is 30.3 Å². The number of hydrogen-bond acceptors (Lipinski definition) is 5. The van der Waals surface area contributed by atoms with E-state index in [0.717, 1.165) is 19.6 Å². The Morgan fingerprint density at radius 1 is 1.15 bits per heavy atom. The summed E-state index contributed by atoms with van der Waals surface area (Å²) in [5.41, 5.74) is 0.574. The molecular formula is C20H31N3O4. The minimum Gasteiger partial charge on any atom is -0.444 e. The van der Waals surface area contributed by atoms with E-state index in [-0.39, 0.29) is 5.91 Å². The number of benzene rings is 1. The fourth-order valence-electron chi connectivity index (χ4n) is 2.99. The van der Waals surface area contributed by atoms with E-state index in [1.807, 2.05) is 18.2 Å². The third-order valence-electron chi connectivity index (χ3n) is 4.35. The second-order valence-corrected chi connectivity index (χ2v) is 7.95. The van der Waals surface area contributed by atoms with Crippen molar-refractivity contribution in [2.24, 2.45) is 0 Å². The van der Waals surface area contributed by atoms with Crippen molar-refractivity contribution >= 4 is 12.0 Å². The van der Waals surface area contributed by atoms with Crippen molar-refractivity contribution in [1.82, 2.24) is 15.1 Å². The molecule has 0 aromatic heterocycles. The van der Waals surface area contributed by atoms with Crippen LogP contribution in [0.2, 0.25) is 0 Å². The van der Waals surface area contributed by atoms with E-state index in [9.17, 15) is 14.7 Å². The SMILES string of the molecule is C[C@@H](O)[C@H](NC(=O)OC(C)(C)C)C(=O)N1CCN(Cc2ccccc2)CC1. The van der Waals surface area contributed by atoms with Gasteiger partial charge in [0.05, 0.1) is 6.10 Å². The Bertz CT molecular complexity index is 620. The molecule has 0 radical (unpaired) electrons. The van der Waals surface area contributed by atoms with Crippen molar-refractivity contribution in [3.05, 3.63) is 35.9 Å². The lowest BCUT2D eigenvalue weighted by molar-refractivity contribution is -0.137. The summed E-state index contributed by atoms with van der Waals surface area (Å²) >= 11 is 0. The monoisotopic (exact) mass is 377 g/mol. The van der Waals surface area contributed by atoms with Crippen molar-refractivity contribution in [3.63, 3.8) is 0 Å². The first-order valence-electron chi connectivity index (χ1n) is 9.38. The Kier molecular flexibility index (Phi) is 7.21. The molecule has 0 aliphatic carbocycles. The molecule has 7 nitrogen and oxygen atoms in total. The van der Waals surface area contributed by atoms with Gasteiger partial charge in [-0.25, -0.2) is 4.79 Å². The van der Waals surface area contributed by atoms with Crippen molar-refractivity contribution in [2.75, 3.05) is 26.2 Å². The van der Waals surface area contributed by atoms with Gasteiger partial charge in [-0.05, 0) is 33.3 Å². The Morgan fingerprint density at radius 3 is 2.26 bits per heavy atom. The van der Waals surface area contributed by atoms with E-state index in [2.05, 4.69) is 22.3 Å². The highest BCUT2D eigenvalue weighted by Gasteiger charge is 2.33. The van der Waals surface area contributed by atoms with Crippen LogP contribution in [-0.4, -0.2) is 70.8 Å². The van der Waals surface area contributed by atoms with Crippen LogP contribution >= 0.6 is 0 Å². The lowest BCUT2D eigenvalue weighted by Crippen LogP contribution is -2.58. The maximum atomic E-state index is 12.8. The summed E-state index contributed by atoms with van der Waals surface area (Å²) in [6.45, 7) is 10.2. The van der Waals surface area contributed by atoms with E-state index < -0.39 is 23.8 Å². The zero-order chi connectivity index (χ0) is 20.0. The minimum absolute atomic E-state index is 0.282. The molecule has 2 amide bonds. The summed E-state index contributed by atoms with van der Waals surface area (Å²) < 4.78 is 5.20. The van der Waals surface area contributed by atoms with Crippen LogP contribution in [0.3, 0.4) is 0 Å². The Morgan fingerprint density at radius 2 is 1.74 bits per heavy atom. The van der Waals surface area contributed by atoms with E-state index in [1.165, 1.54) is 12.5 Å². The number of rotatable bonds is 5. The average Bonchev–Trinajstić information content (AvgIpc) is 2.59. The van der Waals surface area contributed by atoms with E-state index >= 15 is 0 Å². The predicted octanol–water partition coefficient (Wildman–Crippen LogP) is 1.60. The number of ether oxygens (including phenoxy) is 1. The summed E-state index contributed by atoms with van der Waals surface area (Å²) in [4.78, 5) is 28.8. The van der Waals surface area contributed by atoms with Gasteiger partial charge in [-0.2, -0.15) is 0 Å². The van der Waals surface area contributed by atoms with Crippen LogP contribution in [-0.2, 0) is 16.1 Å². The average molecular weight is 377 g/mol. The highest BCUT2D eigenvalue weighted by atomic mass is 16.6. The number of aliphatic hydroxyl groups excluding tert-OH is 1. The molecule has 1 aliphatic heterocycles. The van der Waals surface area contributed by atoms with Gasteiger partial charge >= 0.3 is 6.09 Å². The number of hydrogen-bond donors (Lipinski definition) is 2. The zero-order valence-electron chi connectivity index (χ0n) is 16.6. The highest BCUT2D eigenvalue weighted by Crippen LogP contribution is 2.12. The molecule has 1 aliphatic rings. The molecule has 0 unspecified atom stereocenters. The van der Waals surface area contributed by atoms with Crippen molar-refractivity contribution < 1.29 is 19.4 Å². The van der Waals surface area contributed by atoms with Crippen LogP contribution in [0.4, 0.5) is 4.79 Å². The number of carbonyl (C=O) groups excluding carboxylic acids is 2. The van der Waals surface area contributed by atoms with E-state index in [0.29, 0.717) is 13.1 Å². The molecule has 1 saturated heterocycles. The second-order valence-electron chi connectivity index (χ2n) is 7.95. The zero-order valence-corrected chi connectivity index (χ0v) is 16.6. The molecule has 27 heavy (non-hydrogen) atoms. The maximum Gasteiger partial charge on any atom is 0.408 e. The molecule has 1 aromatic rings. The quantitative estimate of drug-likeness (QED) is 0.815. The molecule has 1 fully saturated rings. The molecule has 150 valence electrons. The molecule has 0 saturated carbocycles. The second kappa shape index (κ2) is 9.19. The number of carbonyl (C=O) groups is 2. The fraction of sp³-hybridized carbons (Fsp3) is 0.600. The summed E-state index contributed by atoms with van der Waals surface area (Å²) in [6.07, 6.45) is -1.71. The number of nitrogens with one attached hydrogen (secondary N) is 1. The van der Waals surface area contributed by atoms with Crippen LogP contribution in [0.1, 0.15) is 33.3 Å². The van der Waals surface area contributed by atoms with Crippen molar-refractivity contribution in [2.45, 2.75) is 52.0 Å². The first kappa shape index (κ1) is 21.2. The third kappa shape index (κ3) is 6.84. The molecule has 0 spiro atoms. The molecule has 7 heteroatoms. The minimum atomic E-state index is -1.01. The van der Waals surface area contributed by atoms with Gasteiger partial charge in [-0.1, -0.05) is 30.3 Å². The standard InChI is InChI=1S/C20H31N3O4/c1-15(24)17(21-19(26)27-20(2,3)4)18(25)23-12-10-22(11-13-23)14-16-8-6-5-7-9-16/h5-9,15,17,24H,10-14H2,1-4H3,(H,21,26)/t15-,17+/m1/s1. The molecule has 2 rings (SSSR count). The molecule has 1 aromatic carbocycles. The Labute approximate surface area is 161 Å². The normalized spacial score (nSPS) is 17.9. The van der Waals surface area contributed by atoms with E-state index in [1.54, 1.807) is 25.7 Å². The van der Waals surface area contributed by atoms with Gasteiger partial charge in [-0.15, -0.1) is 0 Å². The molecule has 0 bridgehead atoms. The molecule has 1 heterocycles. The maximum absolute atomic E-state index is 12.8. The van der Waals surface area contributed by atoms with Crippen LogP contribution in [0, 0.1) is 0 Å². The summed E-state index contributed by atoms with van der Waals surface area (Å²) in [7, 11) is 0. The smallest absolute Gasteiger partial charge is 0.408 e.